The summed E-state index contributed by atoms with van der Waals surface area (Å²) in [6, 6.07) is -1.09. The van der Waals surface area contributed by atoms with Crippen LogP contribution in [-0.4, -0.2) is 79.5 Å². The molecule has 11 heteroatoms. The summed E-state index contributed by atoms with van der Waals surface area (Å²) in [5.74, 6) is -7.70. The Morgan fingerprint density at radius 2 is 1.72 bits per heavy atom. The highest BCUT2D eigenvalue weighted by Crippen LogP contribution is 2.54. The molecule has 0 bridgehead atoms. The number of phenolic OH excluding ortho intramolecular Hbond substituents is 1. The van der Waals surface area contributed by atoms with Gasteiger partial charge in [0.1, 0.15) is 28.7 Å². The number of Topliss-reactive ketones (excluding diaryl/α,β-unsaturated/α-hetero) is 2. The minimum atomic E-state index is -2.72. The second-order valence-corrected chi connectivity index (χ2v) is 11.8. The van der Waals surface area contributed by atoms with Crippen LogP contribution in [0.5, 0.6) is 5.75 Å². The number of nitrogens with two attached hydrogens (primary N) is 1. The van der Waals surface area contributed by atoms with Crippen molar-refractivity contribution in [2.75, 3.05) is 14.1 Å². The molecule has 1 fully saturated rings. The maximum Gasteiger partial charge on any atom is 0.255 e. The summed E-state index contributed by atoms with van der Waals surface area (Å²) >= 11 is 0. The topological polar surface area (TPSA) is 165 Å². The fourth-order valence-corrected chi connectivity index (χ4v) is 6.95. The molecule has 1 aliphatic heterocycles. The van der Waals surface area contributed by atoms with Gasteiger partial charge in [0, 0.05) is 47.3 Å². The number of nitrogens with zero attached hydrogens (tertiary/aromatic N) is 2. The van der Waals surface area contributed by atoms with Crippen molar-refractivity contribution in [3.63, 3.8) is 0 Å². The normalized spacial score (nSPS) is 29.5. The lowest BCUT2D eigenvalue weighted by atomic mass is 9.57. The number of aliphatic hydroxyl groups is 3. The highest BCUT2D eigenvalue weighted by Gasteiger charge is 2.64. The summed E-state index contributed by atoms with van der Waals surface area (Å²) in [4.78, 5) is 42.6. The van der Waals surface area contributed by atoms with Gasteiger partial charge in [-0.15, -0.1) is 0 Å². The standard InChI is InChI=1S/C28H34FN3O7/c1-10(2)11(3)32-8-14-15(9-32)22(33)18-13(20(14)29)6-12-7-16-21(31(4)5)24(35)19(27(30)38)26(37)28(16,39)25(36)17(12)23(18)34/h10-12,16,21,33-34,37,39H,6-9H2,1-5H3,(H2,30,38)/t11-,12-,16-,21-,28-/m0/s1. The second kappa shape index (κ2) is 8.87. The van der Waals surface area contributed by atoms with Crippen LogP contribution in [0.1, 0.15) is 49.4 Å². The Morgan fingerprint density at radius 1 is 1.10 bits per heavy atom. The number of phenols is 1. The number of likely N-dealkylation sites (N-methyl/N-ethyl adjacent to an activating group) is 1. The highest BCUT2D eigenvalue weighted by atomic mass is 19.1. The quantitative estimate of drug-likeness (QED) is 0.354. The van der Waals surface area contributed by atoms with Gasteiger partial charge in [-0.1, -0.05) is 13.8 Å². The number of rotatable bonds is 4. The summed E-state index contributed by atoms with van der Waals surface area (Å²) in [7, 11) is 3.05. The number of halogens is 1. The Labute approximate surface area is 225 Å². The zero-order chi connectivity index (χ0) is 28.9. The lowest BCUT2D eigenvalue weighted by Crippen LogP contribution is -2.65. The van der Waals surface area contributed by atoms with E-state index in [1.165, 1.54) is 19.0 Å². The minimum absolute atomic E-state index is 0.0657. The summed E-state index contributed by atoms with van der Waals surface area (Å²) in [5, 5.41) is 45.2. The summed E-state index contributed by atoms with van der Waals surface area (Å²) < 4.78 is 16.0. The molecule has 210 valence electrons. The van der Waals surface area contributed by atoms with Crippen molar-refractivity contribution in [2.45, 2.75) is 64.4 Å². The number of ketones is 2. The van der Waals surface area contributed by atoms with Crippen molar-refractivity contribution in [1.82, 2.24) is 9.80 Å². The predicted octanol–water partition coefficient (Wildman–Crippen LogP) is 1.46. The van der Waals surface area contributed by atoms with Crippen molar-refractivity contribution in [3.8, 4) is 5.75 Å². The molecule has 6 N–H and O–H groups in total. The van der Waals surface area contributed by atoms with Crippen molar-refractivity contribution in [1.29, 1.82) is 0 Å². The van der Waals surface area contributed by atoms with Crippen LogP contribution in [0.15, 0.2) is 16.9 Å². The smallest absolute Gasteiger partial charge is 0.255 e. The Kier molecular flexibility index (Phi) is 6.21. The first-order valence-corrected chi connectivity index (χ1v) is 13.1. The molecule has 0 saturated heterocycles. The van der Waals surface area contributed by atoms with Crippen LogP contribution >= 0.6 is 0 Å². The van der Waals surface area contributed by atoms with Crippen LogP contribution < -0.4 is 5.73 Å². The van der Waals surface area contributed by atoms with E-state index < -0.39 is 63.9 Å². The van der Waals surface area contributed by atoms with E-state index in [-0.39, 0.29) is 60.3 Å². The van der Waals surface area contributed by atoms with Gasteiger partial charge in [-0.3, -0.25) is 24.2 Å². The van der Waals surface area contributed by atoms with Gasteiger partial charge in [-0.05, 0) is 45.7 Å². The SMILES string of the molecule is CC(C)[C@H](C)N1Cc2c(O)c3c(c(F)c2C1)C[C@H]1C[C@H]2[C@H](N(C)C)C(=O)C(C(N)=O)=C(O)[C@@]2(O)C(=O)C1=C3O. The lowest BCUT2D eigenvalue weighted by molar-refractivity contribution is -0.153. The van der Waals surface area contributed by atoms with Crippen LogP contribution in [0.2, 0.25) is 0 Å². The Balaban J connectivity index is 1.68. The van der Waals surface area contributed by atoms with Crippen molar-refractivity contribution in [2.24, 2.45) is 23.5 Å². The zero-order valence-corrected chi connectivity index (χ0v) is 22.6. The summed E-state index contributed by atoms with van der Waals surface area (Å²) in [6.07, 6.45) is -0.152. The number of amides is 1. The molecule has 0 unspecified atom stereocenters. The van der Waals surface area contributed by atoms with Crippen LogP contribution in [0.4, 0.5) is 4.39 Å². The molecular weight excluding hydrogens is 509 g/mol. The van der Waals surface area contributed by atoms with E-state index in [4.69, 9.17) is 5.73 Å². The van der Waals surface area contributed by atoms with Crippen LogP contribution in [-0.2, 0) is 33.9 Å². The summed E-state index contributed by atoms with van der Waals surface area (Å²) in [6.45, 7) is 6.66. The molecule has 5 atom stereocenters. The fourth-order valence-electron chi connectivity index (χ4n) is 6.95. The Morgan fingerprint density at radius 3 is 2.28 bits per heavy atom. The molecule has 0 spiro atoms. The number of hydrogen-bond acceptors (Lipinski definition) is 9. The first-order valence-electron chi connectivity index (χ1n) is 13.1. The van der Waals surface area contributed by atoms with Gasteiger partial charge < -0.3 is 26.2 Å². The van der Waals surface area contributed by atoms with Crippen LogP contribution in [0.3, 0.4) is 0 Å². The molecule has 4 aliphatic rings. The van der Waals surface area contributed by atoms with Crippen LogP contribution in [0.25, 0.3) is 5.76 Å². The van der Waals surface area contributed by atoms with Crippen molar-refractivity contribution in [3.05, 3.63) is 45.0 Å². The van der Waals surface area contributed by atoms with Gasteiger partial charge in [0.15, 0.2) is 11.4 Å². The van der Waals surface area contributed by atoms with E-state index in [0.29, 0.717) is 11.1 Å². The number of carbonyl (C=O) groups excluding carboxylic acids is 3. The molecule has 3 aliphatic carbocycles. The Bertz CT molecular complexity index is 1400. The lowest BCUT2D eigenvalue weighted by Gasteiger charge is -2.50. The first kappa shape index (κ1) is 27.3. The van der Waals surface area contributed by atoms with Crippen molar-refractivity contribution < 1.29 is 39.2 Å². The van der Waals surface area contributed by atoms with E-state index in [0.717, 1.165) is 0 Å². The molecule has 1 amide bonds. The third kappa shape index (κ3) is 3.52. The molecule has 1 aromatic carbocycles. The highest BCUT2D eigenvalue weighted by molar-refractivity contribution is 6.24. The number of aliphatic hydroxyl groups excluding tert-OH is 2. The number of hydrogen-bond donors (Lipinski definition) is 5. The van der Waals surface area contributed by atoms with Gasteiger partial charge in [0.25, 0.3) is 5.91 Å². The van der Waals surface area contributed by atoms with E-state index in [2.05, 4.69) is 0 Å². The van der Waals surface area contributed by atoms with E-state index >= 15 is 4.39 Å². The molecule has 39 heavy (non-hydrogen) atoms. The first-order chi connectivity index (χ1) is 18.1. The van der Waals surface area contributed by atoms with Crippen molar-refractivity contribution >= 4 is 23.2 Å². The number of aromatic hydroxyl groups is 1. The number of carbonyl (C=O) groups is 3. The third-order valence-corrected chi connectivity index (χ3v) is 9.30. The molecule has 0 radical (unpaired) electrons. The molecule has 1 saturated carbocycles. The zero-order valence-electron chi connectivity index (χ0n) is 22.6. The molecule has 1 heterocycles. The van der Waals surface area contributed by atoms with Gasteiger partial charge in [0.2, 0.25) is 5.78 Å². The molecule has 0 aromatic heterocycles. The van der Waals surface area contributed by atoms with Gasteiger partial charge >= 0.3 is 0 Å². The third-order valence-electron chi connectivity index (χ3n) is 9.30. The number of benzene rings is 1. The fraction of sp³-hybridized carbons (Fsp3) is 0.536. The second-order valence-electron chi connectivity index (χ2n) is 11.8. The maximum absolute atomic E-state index is 16.0. The number of primary amides is 1. The van der Waals surface area contributed by atoms with Gasteiger partial charge in [-0.2, -0.15) is 0 Å². The average molecular weight is 544 g/mol. The largest absolute Gasteiger partial charge is 0.508 e. The Hall–Kier alpha value is -3.28. The minimum Gasteiger partial charge on any atom is -0.508 e. The monoisotopic (exact) mass is 543 g/mol. The maximum atomic E-state index is 16.0. The molecule has 5 rings (SSSR count). The molecule has 1 aromatic rings. The van der Waals surface area contributed by atoms with E-state index in [1.807, 2.05) is 25.7 Å². The summed E-state index contributed by atoms with van der Waals surface area (Å²) in [5.41, 5.74) is 1.99. The van der Waals surface area contributed by atoms with E-state index in [1.54, 1.807) is 0 Å². The van der Waals surface area contributed by atoms with Gasteiger partial charge in [-0.25, -0.2) is 4.39 Å². The average Bonchev–Trinajstić information content (AvgIpc) is 3.29. The van der Waals surface area contributed by atoms with Gasteiger partial charge in [0.05, 0.1) is 11.6 Å². The predicted molar refractivity (Wildman–Crippen MR) is 138 cm³/mol. The molecular formula is C28H34FN3O7. The van der Waals surface area contributed by atoms with E-state index in [9.17, 15) is 34.8 Å². The molecule has 10 nitrogen and oxygen atoms in total. The number of fused-ring (bicyclic) bond motifs is 4. The van der Waals surface area contributed by atoms with Crippen LogP contribution in [0, 0.1) is 23.6 Å².